The molecule has 0 saturated heterocycles. The Balaban J connectivity index is 2.43. The molecule has 1 aliphatic rings. The summed E-state index contributed by atoms with van der Waals surface area (Å²) in [4.78, 5) is 11.3. The maximum atomic E-state index is 11.3. The number of carbonyl (C=O) groups is 1. The van der Waals surface area contributed by atoms with Gasteiger partial charge in [-0.15, -0.1) is 0 Å². The fourth-order valence-electron chi connectivity index (χ4n) is 1.65. The zero-order chi connectivity index (χ0) is 9.97. The van der Waals surface area contributed by atoms with E-state index in [0.29, 0.717) is 6.42 Å². The van der Waals surface area contributed by atoms with E-state index in [2.05, 4.69) is 6.58 Å². The lowest BCUT2D eigenvalue weighted by Crippen LogP contribution is -2.04. The largest absolute Gasteiger partial charge is 0.295 e. The van der Waals surface area contributed by atoms with Crippen molar-refractivity contribution in [2.24, 2.45) is 0 Å². The van der Waals surface area contributed by atoms with Crippen LogP contribution in [0.5, 0.6) is 0 Å². The first kappa shape index (κ1) is 8.95. The van der Waals surface area contributed by atoms with Crippen LogP contribution >= 0.6 is 0 Å². The smallest absolute Gasteiger partial charge is 0.156 e. The van der Waals surface area contributed by atoms with Crippen molar-refractivity contribution < 1.29 is 4.79 Å². The molecule has 2 rings (SSSR count). The molecule has 1 aromatic rings. The fourth-order valence-corrected chi connectivity index (χ4v) is 1.65. The fraction of sp³-hybridized carbons (Fsp3) is 0.154. The first-order valence-electron chi connectivity index (χ1n) is 4.75. The molecular weight excluding hydrogens is 172 g/mol. The number of allylic oxidation sites excluding steroid dienone is 3. The van der Waals surface area contributed by atoms with E-state index in [1.807, 2.05) is 30.3 Å². The molecular formula is C13H12O. The maximum Gasteiger partial charge on any atom is 0.156 e. The summed E-state index contributed by atoms with van der Waals surface area (Å²) in [5.41, 5.74) is 3.16. The molecule has 0 unspecified atom stereocenters. The van der Waals surface area contributed by atoms with Gasteiger partial charge in [-0.2, -0.15) is 0 Å². The highest BCUT2D eigenvalue weighted by Crippen LogP contribution is 2.28. The van der Waals surface area contributed by atoms with Gasteiger partial charge in [0.2, 0.25) is 0 Å². The van der Waals surface area contributed by atoms with Crippen molar-refractivity contribution in [3.63, 3.8) is 0 Å². The molecule has 0 fully saturated rings. The van der Waals surface area contributed by atoms with Gasteiger partial charge in [0.05, 0.1) is 0 Å². The molecule has 0 aromatic heterocycles. The first-order chi connectivity index (χ1) is 6.77. The molecule has 0 spiro atoms. The van der Waals surface area contributed by atoms with Gasteiger partial charge < -0.3 is 0 Å². The summed E-state index contributed by atoms with van der Waals surface area (Å²) in [5.74, 6) is 0.205. The van der Waals surface area contributed by atoms with Crippen molar-refractivity contribution in [1.82, 2.24) is 0 Å². The molecule has 0 bridgehead atoms. The van der Waals surface area contributed by atoms with Crippen molar-refractivity contribution in [2.45, 2.75) is 12.8 Å². The van der Waals surface area contributed by atoms with Crippen LogP contribution in [0.25, 0.3) is 5.57 Å². The summed E-state index contributed by atoms with van der Waals surface area (Å²) in [5, 5.41) is 0. The molecule has 0 atom stereocenters. The van der Waals surface area contributed by atoms with Gasteiger partial charge in [0, 0.05) is 6.42 Å². The van der Waals surface area contributed by atoms with Crippen LogP contribution in [0.2, 0.25) is 0 Å². The van der Waals surface area contributed by atoms with Crippen LogP contribution < -0.4 is 0 Å². The van der Waals surface area contributed by atoms with E-state index in [-0.39, 0.29) is 5.78 Å². The van der Waals surface area contributed by atoms with E-state index in [0.717, 1.165) is 23.1 Å². The van der Waals surface area contributed by atoms with E-state index < -0.39 is 0 Å². The Kier molecular flexibility index (Phi) is 2.32. The van der Waals surface area contributed by atoms with Gasteiger partial charge in [0.25, 0.3) is 0 Å². The number of hydrogen-bond donors (Lipinski definition) is 0. The van der Waals surface area contributed by atoms with Gasteiger partial charge in [-0.25, -0.2) is 0 Å². The molecule has 70 valence electrons. The lowest BCUT2D eigenvalue weighted by atomic mass is 9.89. The zero-order valence-electron chi connectivity index (χ0n) is 7.99. The standard InChI is InChI=1S/C13H12O/c1-10-7-8-12(14)9-13(10)11-5-3-2-4-6-11/h2-6,9H,1,7-8H2. The van der Waals surface area contributed by atoms with Gasteiger partial charge in [-0.3, -0.25) is 4.79 Å². The van der Waals surface area contributed by atoms with Crippen LogP contribution in [-0.4, -0.2) is 5.78 Å². The van der Waals surface area contributed by atoms with E-state index in [1.165, 1.54) is 0 Å². The monoisotopic (exact) mass is 184 g/mol. The van der Waals surface area contributed by atoms with Crippen molar-refractivity contribution in [3.05, 3.63) is 54.1 Å². The molecule has 0 radical (unpaired) electrons. The topological polar surface area (TPSA) is 17.1 Å². The minimum Gasteiger partial charge on any atom is -0.295 e. The molecule has 0 amide bonds. The van der Waals surface area contributed by atoms with Crippen molar-refractivity contribution >= 4 is 11.4 Å². The predicted octanol–water partition coefficient (Wildman–Crippen LogP) is 2.99. The average Bonchev–Trinajstić information content (AvgIpc) is 2.23. The van der Waals surface area contributed by atoms with Crippen molar-refractivity contribution in [1.29, 1.82) is 0 Å². The van der Waals surface area contributed by atoms with Crippen LogP contribution in [0.1, 0.15) is 18.4 Å². The summed E-state index contributed by atoms with van der Waals surface area (Å²) in [6.07, 6.45) is 3.11. The molecule has 1 heteroatoms. The highest BCUT2D eigenvalue weighted by Gasteiger charge is 2.14. The molecule has 1 nitrogen and oxygen atoms in total. The Morgan fingerprint density at radius 1 is 1.07 bits per heavy atom. The van der Waals surface area contributed by atoms with E-state index >= 15 is 0 Å². The molecule has 1 aromatic carbocycles. The second-order valence-electron chi connectivity index (χ2n) is 3.49. The molecule has 0 saturated carbocycles. The zero-order valence-corrected chi connectivity index (χ0v) is 7.99. The molecule has 0 aliphatic heterocycles. The minimum absolute atomic E-state index is 0.205. The third-order valence-electron chi connectivity index (χ3n) is 2.44. The number of rotatable bonds is 1. The van der Waals surface area contributed by atoms with Crippen molar-refractivity contribution in [2.75, 3.05) is 0 Å². The summed E-state index contributed by atoms with van der Waals surface area (Å²) < 4.78 is 0. The van der Waals surface area contributed by atoms with Gasteiger partial charge in [-0.05, 0) is 29.2 Å². The van der Waals surface area contributed by atoms with Crippen LogP contribution in [0.15, 0.2) is 48.6 Å². The summed E-state index contributed by atoms with van der Waals surface area (Å²) in [6.45, 7) is 3.99. The van der Waals surface area contributed by atoms with Crippen LogP contribution in [0, 0.1) is 0 Å². The number of benzene rings is 1. The van der Waals surface area contributed by atoms with Crippen LogP contribution in [0.4, 0.5) is 0 Å². The lowest BCUT2D eigenvalue weighted by Gasteiger charge is -2.14. The highest BCUT2D eigenvalue weighted by molar-refractivity contribution is 6.02. The Morgan fingerprint density at radius 2 is 1.79 bits per heavy atom. The summed E-state index contributed by atoms with van der Waals surface area (Å²) in [7, 11) is 0. The summed E-state index contributed by atoms with van der Waals surface area (Å²) >= 11 is 0. The Morgan fingerprint density at radius 3 is 2.50 bits per heavy atom. The lowest BCUT2D eigenvalue weighted by molar-refractivity contribution is -0.114. The Labute approximate surface area is 83.8 Å². The SMILES string of the molecule is C=C1CCC(=O)C=C1c1ccccc1. The quantitative estimate of drug-likeness (QED) is 0.655. The van der Waals surface area contributed by atoms with E-state index in [4.69, 9.17) is 0 Å². The molecule has 1 aliphatic carbocycles. The normalized spacial score (nSPS) is 16.7. The number of ketones is 1. The molecule has 0 heterocycles. The Hall–Kier alpha value is -1.63. The first-order valence-corrected chi connectivity index (χ1v) is 4.75. The average molecular weight is 184 g/mol. The molecule has 0 N–H and O–H groups in total. The number of hydrogen-bond acceptors (Lipinski definition) is 1. The van der Waals surface area contributed by atoms with E-state index in [1.54, 1.807) is 6.08 Å². The minimum atomic E-state index is 0.205. The highest BCUT2D eigenvalue weighted by atomic mass is 16.1. The maximum absolute atomic E-state index is 11.3. The van der Waals surface area contributed by atoms with Gasteiger partial charge in [0.1, 0.15) is 0 Å². The van der Waals surface area contributed by atoms with Gasteiger partial charge in [-0.1, -0.05) is 36.9 Å². The van der Waals surface area contributed by atoms with Crippen LogP contribution in [0.3, 0.4) is 0 Å². The van der Waals surface area contributed by atoms with Gasteiger partial charge in [0.15, 0.2) is 5.78 Å². The van der Waals surface area contributed by atoms with Gasteiger partial charge >= 0.3 is 0 Å². The second-order valence-corrected chi connectivity index (χ2v) is 3.49. The summed E-state index contributed by atoms with van der Waals surface area (Å²) in [6, 6.07) is 9.94. The number of carbonyl (C=O) groups excluding carboxylic acids is 1. The third-order valence-corrected chi connectivity index (χ3v) is 2.44. The molecule has 14 heavy (non-hydrogen) atoms. The predicted molar refractivity (Wildman–Crippen MR) is 57.8 cm³/mol. The Bertz CT molecular complexity index is 399. The second kappa shape index (κ2) is 3.62. The van der Waals surface area contributed by atoms with Crippen LogP contribution in [-0.2, 0) is 4.79 Å². The third kappa shape index (κ3) is 1.67. The van der Waals surface area contributed by atoms with E-state index in [9.17, 15) is 4.79 Å². The van der Waals surface area contributed by atoms with Crippen molar-refractivity contribution in [3.8, 4) is 0 Å².